The van der Waals surface area contributed by atoms with Crippen LogP contribution in [0.15, 0.2) is 59.5 Å². The lowest BCUT2D eigenvalue weighted by Gasteiger charge is -2.39. The van der Waals surface area contributed by atoms with E-state index in [9.17, 15) is 14.5 Å². The summed E-state index contributed by atoms with van der Waals surface area (Å²) in [7, 11) is 1.59. The summed E-state index contributed by atoms with van der Waals surface area (Å²) in [6.07, 6.45) is 1.44. The Labute approximate surface area is 227 Å². The lowest BCUT2D eigenvalue weighted by Crippen LogP contribution is -2.61. The van der Waals surface area contributed by atoms with E-state index in [4.69, 9.17) is 14.2 Å². The molecule has 6 atom stereocenters. The lowest BCUT2D eigenvalue weighted by molar-refractivity contribution is 0.0529. The number of benzene rings is 2. The SMILES string of the molecule is COc1ccc([S+]([O-])N(C[C@@H](O)[C@H](Cc2ccccc2)NC(=O)O[C@@H]2C[C@@H]3CCO[C@@H]3C2)C2CNC2)cc1. The smallest absolute Gasteiger partial charge is 0.407 e. The molecule has 9 nitrogen and oxygen atoms in total. The molecule has 2 aliphatic heterocycles. The summed E-state index contributed by atoms with van der Waals surface area (Å²) in [5, 5.41) is 17.6. The predicted molar refractivity (Wildman–Crippen MR) is 143 cm³/mol. The maximum atomic E-state index is 13.6. The van der Waals surface area contributed by atoms with Gasteiger partial charge in [0.1, 0.15) is 11.9 Å². The zero-order chi connectivity index (χ0) is 26.5. The number of aliphatic hydroxyl groups is 1. The molecular weight excluding hydrogens is 506 g/mol. The highest BCUT2D eigenvalue weighted by atomic mass is 32.2. The van der Waals surface area contributed by atoms with Gasteiger partial charge < -0.3 is 34.5 Å². The molecule has 3 fully saturated rings. The summed E-state index contributed by atoms with van der Waals surface area (Å²) in [5.74, 6) is 1.14. The second-order valence-corrected chi connectivity index (χ2v) is 11.7. The van der Waals surface area contributed by atoms with Gasteiger partial charge in [0, 0.05) is 26.1 Å². The summed E-state index contributed by atoms with van der Waals surface area (Å²) in [6.45, 7) is 2.27. The van der Waals surface area contributed by atoms with Crippen molar-refractivity contribution in [3.63, 3.8) is 0 Å². The molecule has 0 spiro atoms. The molecule has 2 aromatic carbocycles. The number of amides is 1. The number of hydrogen-bond donors (Lipinski definition) is 3. The van der Waals surface area contributed by atoms with Crippen LogP contribution in [0, 0.1) is 5.92 Å². The Morgan fingerprint density at radius 1 is 1.21 bits per heavy atom. The third-order valence-electron chi connectivity index (χ3n) is 7.76. The maximum absolute atomic E-state index is 13.6. The van der Waals surface area contributed by atoms with Crippen molar-refractivity contribution >= 4 is 17.5 Å². The highest BCUT2D eigenvalue weighted by Crippen LogP contribution is 2.37. The van der Waals surface area contributed by atoms with Crippen molar-refractivity contribution in [2.45, 2.75) is 61.0 Å². The molecule has 3 N–H and O–H groups in total. The minimum absolute atomic E-state index is 0.00908. The number of hydrogen-bond acceptors (Lipinski definition) is 8. The number of nitrogens with zero attached hydrogens (tertiary/aromatic N) is 1. The number of carbonyl (C=O) groups excluding carboxylic acids is 1. The van der Waals surface area contributed by atoms with Gasteiger partial charge in [-0.1, -0.05) is 30.3 Å². The molecule has 0 radical (unpaired) electrons. The Balaban J connectivity index is 1.27. The van der Waals surface area contributed by atoms with Crippen molar-refractivity contribution in [3.05, 3.63) is 60.2 Å². The fourth-order valence-corrected chi connectivity index (χ4v) is 6.82. The van der Waals surface area contributed by atoms with E-state index in [1.165, 1.54) is 0 Å². The molecule has 1 amide bonds. The zero-order valence-corrected chi connectivity index (χ0v) is 22.5. The number of methoxy groups -OCH3 is 1. The zero-order valence-electron chi connectivity index (χ0n) is 21.7. The van der Waals surface area contributed by atoms with E-state index in [0.29, 0.717) is 42.5 Å². The molecule has 1 unspecified atom stereocenters. The summed E-state index contributed by atoms with van der Waals surface area (Å²) >= 11 is -1.49. The fraction of sp³-hybridized carbons (Fsp3) is 0.536. The minimum Gasteiger partial charge on any atom is -0.593 e. The molecular formula is C28H37N3O6S. The molecule has 38 heavy (non-hydrogen) atoms. The normalized spacial score (nSPS) is 25.3. The van der Waals surface area contributed by atoms with Gasteiger partial charge in [-0.25, -0.2) is 4.79 Å². The van der Waals surface area contributed by atoms with Gasteiger partial charge in [0.05, 0.1) is 49.3 Å². The number of nitrogens with one attached hydrogen (secondary N) is 2. The molecule has 0 aromatic heterocycles. The standard InChI is InChI=1S/C28H37N3O6S/c1-35-22-7-9-24(10-8-22)38(34)31(21-16-29-17-21)18-26(32)25(13-19-5-3-2-4-6-19)30-28(33)37-23-14-20-11-12-36-27(20)15-23/h2-10,20-21,23,25-27,29,32H,11-18H2,1H3,(H,30,33)/t20-,23+,25-,26+,27+,38?/m0/s1. The molecule has 2 saturated heterocycles. The van der Waals surface area contributed by atoms with E-state index in [2.05, 4.69) is 10.6 Å². The van der Waals surface area contributed by atoms with Gasteiger partial charge in [-0.15, -0.1) is 4.31 Å². The Bertz CT molecular complexity index is 1030. The van der Waals surface area contributed by atoms with E-state index in [1.807, 2.05) is 34.6 Å². The molecule has 1 saturated carbocycles. The average Bonchev–Trinajstić information content (AvgIpc) is 3.49. The van der Waals surface area contributed by atoms with Crippen LogP contribution in [0.2, 0.25) is 0 Å². The molecule has 3 aliphatic rings. The van der Waals surface area contributed by atoms with E-state index in [-0.39, 0.29) is 24.8 Å². The summed E-state index contributed by atoms with van der Waals surface area (Å²) < 4.78 is 32.1. The highest BCUT2D eigenvalue weighted by molar-refractivity contribution is 7.89. The monoisotopic (exact) mass is 543 g/mol. The van der Waals surface area contributed by atoms with Gasteiger partial charge in [0.25, 0.3) is 0 Å². The summed E-state index contributed by atoms with van der Waals surface area (Å²) in [5.41, 5.74) is 0.980. The second-order valence-electron chi connectivity index (χ2n) is 10.3. The molecule has 2 heterocycles. The van der Waals surface area contributed by atoms with Crippen LogP contribution in [0.4, 0.5) is 4.79 Å². The van der Waals surface area contributed by atoms with Crippen LogP contribution in [0.1, 0.15) is 24.8 Å². The summed E-state index contributed by atoms with van der Waals surface area (Å²) in [4.78, 5) is 13.6. The fourth-order valence-electron chi connectivity index (χ4n) is 5.47. The van der Waals surface area contributed by atoms with E-state index in [0.717, 1.165) is 25.0 Å². The lowest BCUT2D eigenvalue weighted by atomic mass is 10.0. The van der Waals surface area contributed by atoms with Crippen molar-refractivity contribution in [3.8, 4) is 5.75 Å². The van der Waals surface area contributed by atoms with Crippen LogP contribution in [0.25, 0.3) is 0 Å². The maximum Gasteiger partial charge on any atom is 0.407 e. The van der Waals surface area contributed by atoms with Crippen molar-refractivity contribution in [1.29, 1.82) is 0 Å². The first-order valence-electron chi connectivity index (χ1n) is 13.3. The van der Waals surface area contributed by atoms with E-state index in [1.54, 1.807) is 31.4 Å². The number of ether oxygens (including phenoxy) is 3. The van der Waals surface area contributed by atoms with E-state index >= 15 is 0 Å². The van der Waals surface area contributed by atoms with Crippen molar-refractivity contribution < 1.29 is 28.7 Å². The van der Waals surface area contributed by atoms with Crippen LogP contribution in [0.5, 0.6) is 5.75 Å². The molecule has 1 aliphatic carbocycles. The van der Waals surface area contributed by atoms with Gasteiger partial charge in [-0.3, -0.25) is 0 Å². The van der Waals surface area contributed by atoms with Crippen LogP contribution < -0.4 is 15.4 Å². The number of aliphatic hydroxyl groups excluding tert-OH is 1. The number of alkyl carbamates (subject to hydrolysis) is 1. The first kappa shape index (κ1) is 27.2. The predicted octanol–water partition coefficient (Wildman–Crippen LogP) is 2.26. The molecule has 2 aromatic rings. The summed E-state index contributed by atoms with van der Waals surface area (Å²) in [6, 6.07) is 16.2. The van der Waals surface area contributed by atoms with Crippen LogP contribution in [0.3, 0.4) is 0 Å². The second kappa shape index (κ2) is 12.7. The van der Waals surface area contributed by atoms with Crippen LogP contribution >= 0.6 is 0 Å². The Morgan fingerprint density at radius 2 is 1.97 bits per heavy atom. The molecule has 0 bridgehead atoms. The molecule has 5 rings (SSSR count). The molecule has 10 heteroatoms. The van der Waals surface area contributed by atoms with Gasteiger partial charge in [0.15, 0.2) is 4.90 Å². The number of rotatable bonds is 11. The number of carbonyl (C=O) groups is 1. The van der Waals surface area contributed by atoms with E-state index < -0.39 is 29.6 Å². The van der Waals surface area contributed by atoms with Crippen LogP contribution in [-0.2, 0) is 27.3 Å². The topological polar surface area (TPSA) is 115 Å². The van der Waals surface area contributed by atoms with Gasteiger partial charge >= 0.3 is 6.09 Å². The Morgan fingerprint density at radius 3 is 2.63 bits per heavy atom. The molecule has 206 valence electrons. The van der Waals surface area contributed by atoms with Crippen molar-refractivity contribution in [2.75, 3.05) is 33.4 Å². The van der Waals surface area contributed by atoms with Gasteiger partial charge in [-0.2, -0.15) is 0 Å². The van der Waals surface area contributed by atoms with Gasteiger partial charge in [0.2, 0.25) is 0 Å². The first-order chi connectivity index (χ1) is 18.5. The minimum atomic E-state index is -1.49. The first-order valence-corrected chi connectivity index (χ1v) is 14.4. The Kier molecular flexibility index (Phi) is 9.08. The van der Waals surface area contributed by atoms with Crippen molar-refractivity contribution in [1.82, 2.24) is 14.9 Å². The quantitative estimate of drug-likeness (QED) is 0.370. The number of fused-ring (bicyclic) bond motifs is 1. The largest absolute Gasteiger partial charge is 0.593 e. The third kappa shape index (κ3) is 6.62. The highest BCUT2D eigenvalue weighted by Gasteiger charge is 2.41. The van der Waals surface area contributed by atoms with Crippen molar-refractivity contribution in [2.24, 2.45) is 5.92 Å². The Hall–Kier alpha value is -2.34. The van der Waals surface area contributed by atoms with Gasteiger partial charge in [-0.05, 0) is 55.0 Å². The average molecular weight is 544 g/mol. The van der Waals surface area contributed by atoms with Crippen LogP contribution in [-0.4, -0.2) is 83.8 Å². The third-order valence-corrected chi connectivity index (χ3v) is 9.30.